The van der Waals surface area contributed by atoms with Crippen LogP contribution in [0.25, 0.3) is 0 Å². The minimum Gasteiger partial charge on any atom is -0.479 e. The third-order valence-corrected chi connectivity index (χ3v) is 10.9. The summed E-state index contributed by atoms with van der Waals surface area (Å²) in [4.78, 5) is 74.6. The molecular formula is C31H43NO10. The average Bonchev–Trinajstić information content (AvgIpc) is 3.19. The van der Waals surface area contributed by atoms with Gasteiger partial charge < -0.3 is 25.4 Å². The first-order valence-electron chi connectivity index (χ1n) is 14.8. The number of ketones is 3. The Bertz CT molecular complexity index is 1220. The van der Waals surface area contributed by atoms with E-state index in [0.29, 0.717) is 19.3 Å². The van der Waals surface area contributed by atoms with E-state index in [1.165, 1.54) is 13.8 Å². The monoisotopic (exact) mass is 589 g/mol. The second-order valence-electron chi connectivity index (χ2n) is 13.9. The van der Waals surface area contributed by atoms with Gasteiger partial charge in [-0.25, -0.2) is 4.79 Å². The lowest BCUT2D eigenvalue weighted by atomic mass is 9.46. The van der Waals surface area contributed by atoms with Gasteiger partial charge in [-0.1, -0.05) is 33.3 Å². The van der Waals surface area contributed by atoms with Crippen LogP contribution in [0.4, 0.5) is 0 Å². The summed E-state index contributed by atoms with van der Waals surface area (Å²) >= 11 is 0. The highest BCUT2D eigenvalue weighted by atomic mass is 16.5. The minimum absolute atomic E-state index is 0.00363. The third-order valence-electron chi connectivity index (χ3n) is 10.9. The zero-order valence-electron chi connectivity index (χ0n) is 24.9. The minimum atomic E-state index is -1.83. The molecule has 7 atom stereocenters. The van der Waals surface area contributed by atoms with Crippen molar-refractivity contribution in [1.29, 1.82) is 0 Å². The molecule has 42 heavy (non-hydrogen) atoms. The Hall–Kier alpha value is -2.92. The number of amides is 1. The molecule has 11 heteroatoms. The van der Waals surface area contributed by atoms with E-state index in [9.17, 15) is 39.0 Å². The number of aliphatic hydroxyl groups is 2. The van der Waals surface area contributed by atoms with Crippen molar-refractivity contribution >= 4 is 35.2 Å². The molecule has 3 fully saturated rings. The number of esters is 1. The molecule has 0 aromatic carbocycles. The standard InChI is InChI=1S/C31H43NO10/c1-28(2,26(38)27(39)40)16-32-23(36)7-8-24(37)42-15-22(35)31(41)12-10-20-19-6-5-17-13-18(33)9-11-29(17,3)25(19)21(34)14-30(20,31)4/h13,19-20,25-26,38,41H,5-12,14-16H2,1-4H3,(H,32,36)(H,39,40)/t19-,20-,25+,26-,29-,30-,31-/m0/s1. The lowest BCUT2D eigenvalue weighted by Gasteiger charge is -2.57. The van der Waals surface area contributed by atoms with Crippen LogP contribution in [0, 0.1) is 34.0 Å². The third kappa shape index (κ3) is 5.45. The highest BCUT2D eigenvalue weighted by Gasteiger charge is 2.68. The summed E-state index contributed by atoms with van der Waals surface area (Å²) in [6.45, 7) is 6.03. The van der Waals surface area contributed by atoms with Crippen molar-refractivity contribution in [1.82, 2.24) is 5.32 Å². The topological polar surface area (TPSA) is 184 Å². The molecule has 11 nitrogen and oxygen atoms in total. The maximum Gasteiger partial charge on any atom is 0.333 e. The van der Waals surface area contributed by atoms with Gasteiger partial charge in [0.1, 0.15) is 11.4 Å². The number of aliphatic carboxylic acids is 1. The Kier molecular flexibility index (Phi) is 8.61. The predicted octanol–water partition coefficient (Wildman–Crippen LogP) is 1.91. The second kappa shape index (κ2) is 11.3. The summed E-state index contributed by atoms with van der Waals surface area (Å²) in [5.74, 6) is -3.63. The van der Waals surface area contributed by atoms with Crippen LogP contribution in [0.2, 0.25) is 0 Å². The molecule has 1 amide bonds. The van der Waals surface area contributed by atoms with Crippen LogP contribution < -0.4 is 5.32 Å². The molecular weight excluding hydrogens is 546 g/mol. The number of Topliss-reactive ketones (excluding diaryl/α,β-unsaturated/α-hetero) is 2. The fraction of sp³-hybridized carbons (Fsp3) is 0.742. The van der Waals surface area contributed by atoms with Crippen molar-refractivity contribution in [2.75, 3.05) is 13.2 Å². The molecule has 0 heterocycles. The van der Waals surface area contributed by atoms with Gasteiger partial charge in [0.2, 0.25) is 11.7 Å². The Morgan fingerprint density at radius 1 is 1.10 bits per heavy atom. The van der Waals surface area contributed by atoms with Gasteiger partial charge in [-0.05, 0) is 55.4 Å². The van der Waals surface area contributed by atoms with Crippen molar-refractivity contribution < 1.29 is 48.8 Å². The molecule has 3 saturated carbocycles. The van der Waals surface area contributed by atoms with Crippen LogP contribution in [0.1, 0.15) is 85.5 Å². The Morgan fingerprint density at radius 3 is 2.45 bits per heavy atom. The normalized spacial score (nSPS) is 34.8. The largest absolute Gasteiger partial charge is 0.479 e. The molecule has 232 valence electrons. The fourth-order valence-electron chi connectivity index (χ4n) is 8.24. The second-order valence-corrected chi connectivity index (χ2v) is 13.9. The van der Waals surface area contributed by atoms with E-state index >= 15 is 0 Å². The van der Waals surface area contributed by atoms with Crippen LogP contribution in [0.15, 0.2) is 11.6 Å². The number of aliphatic hydroxyl groups excluding tert-OH is 1. The highest BCUT2D eigenvalue weighted by Crippen LogP contribution is 2.66. The van der Waals surface area contributed by atoms with Crippen molar-refractivity contribution in [2.45, 2.75) is 97.2 Å². The summed E-state index contributed by atoms with van der Waals surface area (Å²) in [6.07, 6.45) is 2.70. The first-order valence-corrected chi connectivity index (χ1v) is 14.8. The first kappa shape index (κ1) is 32.0. The van der Waals surface area contributed by atoms with Gasteiger partial charge >= 0.3 is 11.9 Å². The average molecular weight is 590 g/mol. The number of carboxylic acid groups (broad SMARTS) is 1. The number of hydrogen-bond donors (Lipinski definition) is 4. The van der Waals surface area contributed by atoms with Crippen LogP contribution in [-0.2, 0) is 33.5 Å². The number of nitrogens with one attached hydrogen (secondary N) is 1. The Labute approximate surface area is 245 Å². The molecule has 4 aliphatic rings. The van der Waals surface area contributed by atoms with Gasteiger partial charge in [0.25, 0.3) is 0 Å². The van der Waals surface area contributed by atoms with Crippen LogP contribution >= 0.6 is 0 Å². The number of hydrogen-bond acceptors (Lipinski definition) is 9. The summed E-state index contributed by atoms with van der Waals surface area (Å²) in [5, 5.41) is 32.9. The van der Waals surface area contributed by atoms with Crippen LogP contribution in [0.3, 0.4) is 0 Å². The summed E-state index contributed by atoms with van der Waals surface area (Å²) in [7, 11) is 0. The Morgan fingerprint density at radius 2 is 1.79 bits per heavy atom. The molecule has 0 saturated heterocycles. The van der Waals surface area contributed by atoms with Gasteiger partial charge in [-0.3, -0.25) is 24.0 Å². The van der Waals surface area contributed by atoms with Gasteiger partial charge in [0.05, 0.1) is 6.42 Å². The zero-order chi connectivity index (χ0) is 31.3. The van der Waals surface area contributed by atoms with E-state index in [-0.39, 0.29) is 67.0 Å². The smallest absolute Gasteiger partial charge is 0.333 e. The number of rotatable bonds is 10. The van der Waals surface area contributed by atoms with E-state index in [0.717, 1.165) is 18.4 Å². The maximum atomic E-state index is 13.7. The number of carbonyl (C=O) groups excluding carboxylic acids is 5. The summed E-state index contributed by atoms with van der Waals surface area (Å²) < 4.78 is 5.13. The van der Waals surface area contributed by atoms with E-state index in [4.69, 9.17) is 9.84 Å². The molecule has 4 N–H and O–H groups in total. The SMILES string of the molecule is CC(C)(CNC(=O)CCC(=O)OCC(=O)[C@@]1(O)CC[C@H]2[C@@H]3CCC4=CC(=O)CC[C@]4(C)[C@H]3C(=O)C[C@@]21C)[C@@H](O)C(=O)O. The maximum absolute atomic E-state index is 13.7. The number of fused-ring (bicyclic) bond motifs is 5. The number of allylic oxidation sites excluding steroid dienone is 1. The molecule has 0 aliphatic heterocycles. The molecule has 0 radical (unpaired) electrons. The molecule has 0 spiro atoms. The van der Waals surface area contributed by atoms with Gasteiger partial charge in [-0.2, -0.15) is 0 Å². The van der Waals surface area contributed by atoms with Gasteiger partial charge in [0, 0.05) is 42.6 Å². The van der Waals surface area contributed by atoms with Crippen molar-refractivity contribution in [3.05, 3.63) is 11.6 Å². The highest BCUT2D eigenvalue weighted by molar-refractivity contribution is 5.95. The number of carboxylic acids is 1. The van der Waals surface area contributed by atoms with E-state index in [2.05, 4.69) is 12.2 Å². The van der Waals surface area contributed by atoms with Crippen molar-refractivity contribution in [2.24, 2.45) is 34.0 Å². The molecule has 0 bridgehead atoms. The summed E-state index contributed by atoms with van der Waals surface area (Å²) in [5.41, 5.74) is -3.30. The van der Waals surface area contributed by atoms with Gasteiger partial charge in [-0.15, -0.1) is 0 Å². The van der Waals surface area contributed by atoms with Crippen molar-refractivity contribution in [3.63, 3.8) is 0 Å². The summed E-state index contributed by atoms with van der Waals surface area (Å²) in [6, 6.07) is 0. The number of carbonyl (C=O) groups is 6. The van der Waals surface area contributed by atoms with E-state index in [1.54, 1.807) is 13.0 Å². The van der Waals surface area contributed by atoms with Crippen molar-refractivity contribution in [3.8, 4) is 0 Å². The van der Waals surface area contributed by atoms with E-state index < -0.39 is 52.8 Å². The van der Waals surface area contributed by atoms with Crippen LogP contribution in [0.5, 0.6) is 0 Å². The van der Waals surface area contributed by atoms with Crippen LogP contribution in [-0.4, -0.2) is 75.4 Å². The lowest BCUT2D eigenvalue weighted by molar-refractivity contribution is -0.173. The molecule has 0 unspecified atom stereocenters. The Balaban J connectivity index is 1.33. The first-order chi connectivity index (χ1) is 19.5. The predicted molar refractivity (Wildman–Crippen MR) is 148 cm³/mol. The molecule has 0 aromatic heterocycles. The molecule has 4 aliphatic carbocycles. The van der Waals surface area contributed by atoms with Gasteiger partial charge in [0.15, 0.2) is 18.5 Å². The quantitative estimate of drug-likeness (QED) is 0.274. The lowest BCUT2D eigenvalue weighted by Crippen LogP contribution is -2.61. The van der Waals surface area contributed by atoms with E-state index in [1.807, 2.05) is 0 Å². The molecule has 4 rings (SSSR count). The zero-order valence-corrected chi connectivity index (χ0v) is 24.9. The molecule has 0 aromatic rings. The number of ether oxygens (including phenoxy) is 1. The fourth-order valence-corrected chi connectivity index (χ4v) is 8.24.